The SMILES string of the molecule is CC1(C)C=NC(C)(C)C=N1. The van der Waals surface area contributed by atoms with Gasteiger partial charge in [0.25, 0.3) is 0 Å². The molecule has 1 rings (SSSR count). The lowest BCUT2D eigenvalue weighted by Gasteiger charge is -2.24. The van der Waals surface area contributed by atoms with Gasteiger partial charge in [0.15, 0.2) is 0 Å². The highest BCUT2D eigenvalue weighted by atomic mass is 15.0. The van der Waals surface area contributed by atoms with Gasteiger partial charge < -0.3 is 0 Å². The lowest BCUT2D eigenvalue weighted by atomic mass is 10.0. The molecular weight excluding hydrogens is 124 g/mol. The Balaban J connectivity index is 2.81. The summed E-state index contributed by atoms with van der Waals surface area (Å²) < 4.78 is 0. The van der Waals surface area contributed by atoms with E-state index < -0.39 is 0 Å². The van der Waals surface area contributed by atoms with Gasteiger partial charge in [-0.1, -0.05) is 0 Å². The summed E-state index contributed by atoms with van der Waals surface area (Å²) in [5.74, 6) is 0. The molecule has 0 spiro atoms. The fourth-order valence-corrected chi connectivity index (χ4v) is 0.715. The Bertz CT molecular complexity index is 149. The molecule has 0 atom stereocenters. The van der Waals surface area contributed by atoms with Crippen molar-refractivity contribution in [2.75, 3.05) is 0 Å². The van der Waals surface area contributed by atoms with Crippen molar-refractivity contribution < 1.29 is 0 Å². The normalized spacial score (nSPS) is 26.8. The lowest BCUT2D eigenvalue weighted by Crippen LogP contribution is -2.31. The molecule has 0 unspecified atom stereocenters. The van der Waals surface area contributed by atoms with Crippen molar-refractivity contribution >= 4 is 12.4 Å². The lowest BCUT2D eigenvalue weighted by molar-refractivity contribution is 0.633. The number of nitrogens with zero attached hydrogens (tertiary/aromatic N) is 2. The summed E-state index contributed by atoms with van der Waals surface area (Å²) in [4.78, 5) is 8.68. The van der Waals surface area contributed by atoms with E-state index in [9.17, 15) is 0 Å². The summed E-state index contributed by atoms with van der Waals surface area (Å²) in [7, 11) is 0. The van der Waals surface area contributed by atoms with Gasteiger partial charge in [0, 0.05) is 12.4 Å². The van der Waals surface area contributed by atoms with Crippen LogP contribution >= 0.6 is 0 Å². The highest BCUT2D eigenvalue weighted by Gasteiger charge is 2.22. The van der Waals surface area contributed by atoms with Gasteiger partial charge in [-0.2, -0.15) is 0 Å². The van der Waals surface area contributed by atoms with Crippen LogP contribution in [0.3, 0.4) is 0 Å². The summed E-state index contributed by atoms with van der Waals surface area (Å²) in [6.07, 6.45) is 3.82. The third-order valence-corrected chi connectivity index (χ3v) is 1.43. The largest absolute Gasteiger partial charge is 0.283 e. The Kier molecular flexibility index (Phi) is 1.42. The van der Waals surface area contributed by atoms with E-state index in [1.807, 2.05) is 40.1 Å². The zero-order valence-electron chi connectivity index (χ0n) is 7.05. The van der Waals surface area contributed by atoms with Crippen LogP contribution in [0.1, 0.15) is 27.7 Å². The van der Waals surface area contributed by atoms with Crippen LogP contribution in [0.15, 0.2) is 9.98 Å². The highest BCUT2D eigenvalue weighted by Crippen LogP contribution is 2.16. The molecule has 0 aromatic rings. The van der Waals surface area contributed by atoms with Crippen LogP contribution in [0.2, 0.25) is 0 Å². The van der Waals surface area contributed by atoms with Crippen LogP contribution in [-0.2, 0) is 0 Å². The maximum absolute atomic E-state index is 4.34. The summed E-state index contributed by atoms with van der Waals surface area (Å²) >= 11 is 0. The van der Waals surface area contributed by atoms with E-state index in [1.54, 1.807) is 0 Å². The Morgan fingerprint density at radius 3 is 1.30 bits per heavy atom. The smallest absolute Gasteiger partial charge is 0.0894 e. The number of hydrogen-bond acceptors (Lipinski definition) is 2. The average Bonchev–Trinajstić information content (AvgIpc) is 1.79. The molecule has 2 nitrogen and oxygen atoms in total. The van der Waals surface area contributed by atoms with Crippen LogP contribution in [0.25, 0.3) is 0 Å². The second-order valence-electron chi connectivity index (χ2n) is 3.82. The van der Waals surface area contributed by atoms with Crippen LogP contribution in [-0.4, -0.2) is 23.5 Å². The molecule has 10 heavy (non-hydrogen) atoms. The van der Waals surface area contributed by atoms with E-state index in [1.165, 1.54) is 0 Å². The van der Waals surface area contributed by atoms with E-state index in [-0.39, 0.29) is 11.1 Å². The Labute approximate surface area is 62.1 Å². The van der Waals surface area contributed by atoms with Crippen LogP contribution < -0.4 is 0 Å². The number of rotatable bonds is 0. The molecule has 1 heterocycles. The first kappa shape index (κ1) is 7.45. The molecule has 0 saturated heterocycles. The van der Waals surface area contributed by atoms with Gasteiger partial charge in [-0.05, 0) is 27.7 Å². The molecular formula is C8H14N2. The maximum Gasteiger partial charge on any atom is 0.0894 e. The van der Waals surface area contributed by atoms with Gasteiger partial charge in [0.05, 0.1) is 11.1 Å². The quantitative estimate of drug-likeness (QED) is 0.486. The third kappa shape index (κ3) is 1.66. The molecule has 0 fully saturated rings. The summed E-state index contributed by atoms with van der Waals surface area (Å²) in [5, 5.41) is 0. The van der Waals surface area contributed by atoms with Crippen LogP contribution in [0.4, 0.5) is 0 Å². The first-order valence-electron chi connectivity index (χ1n) is 3.54. The van der Waals surface area contributed by atoms with Gasteiger partial charge in [-0.3, -0.25) is 9.98 Å². The average molecular weight is 138 g/mol. The maximum atomic E-state index is 4.34. The van der Waals surface area contributed by atoms with Crippen LogP contribution in [0.5, 0.6) is 0 Å². The molecule has 0 radical (unpaired) electrons. The molecule has 1 aliphatic heterocycles. The van der Waals surface area contributed by atoms with E-state index in [2.05, 4.69) is 9.98 Å². The van der Waals surface area contributed by atoms with E-state index in [0.29, 0.717) is 0 Å². The first-order valence-corrected chi connectivity index (χ1v) is 3.54. The molecule has 0 amide bonds. The predicted octanol–water partition coefficient (Wildman–Crippen LogP) is 1.70. The Morgan fingerprint density at radius 1 is 0.800 bits per heavy atom. The predicted molar refractivity (Wildman–Crippen MR) is 45.1 cm³/mol. The minimum absolute atomic E-state index is 0.0878. The number of aliphatic imine (C=N–C) groups is 2. The van der Waals surface area contributed by atoms with Gasteiger partial charge in [0.2, 0.25) is 0 Å². The Morgan fingerprint density at radius 2 is 1.10 bits per heavy atom. The van der Waals surface area contributed by atoms with E-state index in [4.69, 9.17) is 0 Å². The minimum atomic E-state index is -0.0878. The van der Waals surface area contributed by atoms with Crippen molar-refractivity contribution in [2.24, 2.45) is 9.98 Å². The van der Waals surface area contributed by atoms with Crippen LogP contribution in [0, 0.1) is 0 Å². The topological polar surface area (TPSA) is 24.7 Å². The third-order valence-electron chi connectivity index (χ3n) is 1.43. The summed E-state index contributed by atoms with van der Waals surface area (Å²) in [6.45, 7) is 8.18. The van der Waals surface area contributed by atoms with Gasteiger partial charge >= 0.3 is 0 Å². The fourth-order valence-electron chi connectivity index (χ4n) is 0.715. The zero-order chi connectivity index (χ0) is 7.83. The minimum Gasteiger partial charge on any atom is -0.283 e. The summed E-state index contributed by atoms with van der Waals surface area (Å²) in [5.41, 5.74) is -0.176. The highest BCUT2D eigenvalue weighted by molar-refractivity contribution is 5.82. The van der Waals surface area contributed by atoms with E-state index >= 15 is 0 Å². The van der Waals surface area contributed by atoms with Crippen molar-refractivity contribution in [3.63, 3.8) is 0 Å². The molecule has 2 heteroatoms. The molecule has 0 saturated carbocycles. The second-order valence-corrected chi connectivity index (χ2v) is 3.82. The molecule has 56 valence electrons. The monoisotopic (exact) mass is 138 g/mol. The standard InChI is InChI=1S/C8H14N2/c1-7(2)5-10-8(3,4)6-9-7/h5-6H,1-4H3. The van der Waals surface area contributed by atoms with Gasteiger partial charge in [0.1, 0.15) is 0 Å². The molecule has 0 N–H and O–H groups in total. The van der Waals surface area contributed by atoms with Crippen molar-refractivity contribution in [1.82, 2.24) is 0 Å². The molecule has 1 aliphatic rings. The van der Waals surface area contributed by atoms with Gasteiger partial charge in [-0.15, -0.1) is 0 Å². The Hall–Kier alpha value is -0.660. The molecule has 0 aromatic heterocycles. The van der Waals surface area contributed by atoms with Crippen molar-refractivity contribution in [3.05, 3.63) is 0 Å². The summed E-state index contributed by atoms with van der Waals surface area (Å²) in [6, 6.07) is 0. The molecule has 0 aromatic carbocycles. The zero-order valence-corrected chi connectivity index (χ0v) is 7.05. The molecule has 0 aliphatic carbocycles. The van der Waals surface area contributed by atoms with Crippen molar-refractivity contribution in [2.45, 2.75) is 38.8 Å². The van der Waals surface area contributed by atoms with Crippen molar-refractivity contribution in [3.8, 4) is 0 Å². The first-order chi connectivity index (χ1) is 4.41. The fraction of sp³-hybridized carbons (Fsp3) is 0.750. The number of hydrogen-bond donors (Lipinski definition) is 0. The van der Waals surface area contributed by atoms with E-state index in [0.717, 1.165) is 0 Å². The van der Waals surface area contributed by atoms with Gasteiger partial charge in [-0.25, -0.2) is 0 Å². The second kappa shape index (κ2) is 1.91. The van der Waals surface area contributed by atoms with Crippen molar-refractivity contribution in [1.29, 1.82) is 0 Å². The molecule has 0 bridgehead atoms.